The van der Waals surface area contributed by atoms with Crippen molar-refractivity contribution in [2.45, 2.75) is 26.0 Å². The molecule has 2 N–H and O–H groups in total. The van der Waals surface area contributed by atoms with Gasteiger partial charge in [-0.1, -0.05) is 30.3 Å². The van der Waals surface area contributed by atoms with Crippen LogP contribution in [0.2, 0.25) is 0 Å². The Hall–Kier alpha value is -3.27. The lowest BCUT2D eigenvalue weighted by Gasteiger charge is -2.16. The zero-order valence-corrected chi connectivity index (χ0v) is 16.4. The van der Waals surface area contributed by atoms with Crippen molar-refractivity contribution in [2.75, 3.05) is 6.61 Å². The molecule has 31 heavy (non-hydrogen) atoms. The Bertz CT molecular complexity index is 995. The van der Waals surface area contributed by atoms with Crippen molar-refractivity contribution < 1.29 is 41.7 Å². The van der Waals surface area contributed by atoms with Gasteiger partial charge < -0.3 is 14.9 Å². The molecule has 0 heterocycles. The van der Waals surface area contributed by atoms with Gasteiger partial charge in [0.1, 0.15) is 17.4 Å². The number of carbonyl (C=O) groups is 1. The maximum absolute atomic E-state index is 14.1. The molecular weight excluding hydrogens is 425 g/mol. The zero-order chi connectivity index (χ0) is 23.3. The highest BCUT2D eigenvalue weighted by Gasteiger charge is 2.30. The van der Waals surface area contributed by atoms with E-state index in [0.29, 0.717) is 11.8 Å². The van der Waals surface area contributed by atoms with Gasteiger partial charge in [-0.2, -0.15) is 0 Å². The molecular formula is C21H18F5NO4. The van der Waals surface area contributed by atoms with E-state index in [1.165, 1.54) is 13.8 Å². The number of esters is 1. The third-order valence-corrected chi connectivity index (χ3v) is 4.23. The lowest BCUT2D eigenvalue weighted by Crippen LogP contribution is -2.17. The lowest BCUT2D eigenvalue weighted by molar-refractivity contribution is -0.137. The van der Waals surface area contributed by atoms with Gasteiger partial charge in [-0.05, 0) is 19.4 Å². The minimum absolute atomic E-state index is 0.219. The minimum Gasteiger partial charge on any atom is -0.506 e. The van der Waals surface area contributed by atoms with E-state index in [-0.39, 0.29) is 6.61 Å². The molecule has 2 aromatic rings. The molecule has 0 amide bonds. The topological polar surface area (TPSA) is 79.1 Å². The van der Waals surface area contributed by atoms with Crippen LogP contribution in [0.15, 0.2) is 40.9 Å². The van der Waals surface area contributed by atoms with Crippen LogP contribution in [-0.4, -0.2) is 35.0 Å². The summed E-state index contributed by atoms with van der Waals surface area (Å²) in [6, 6.07) is 7.32. The molecule has 0 bridgehead atoms. The summed E-state index contributed by atoms with van der Waals surface area (Å²) in [5.74, 6) is -14.6. The summed E-state index contributed by atoms with van der Waals surface area (Å²) in [5.41, 5.74) is -2.20. The van der Waals surface area contributed by atoms with Gasteiger partial charge >= 0.3 is 5.97 Å². The van der Waals surface area contributed by atoms with E-state index in [4.69, 9.17) is 0 Å². The monoisotopic (exact) mass is 443 g/mol. The fourth-order valence-electron chi connectivity index (χ4n) is 2.57. The largest absolute Gasteiger partial charge is 0.506 e. The van der Waals surface area contributed by atoms with Crippen molar-refractivity contribution in [3.8, 4) is 0 Å². The Morgan fingerprint density at radius 3 is 2.06 bits per heavy atom. The van der Waals surface area contributed by atoms with Crippen LogP contribution < -0.4 is 0 Å². The number of ether oxygens (including phenoxy) is 1. The molecule has 0 radical (unpaired) electrons. The standard InChI is InChI=1S/C21H18F5NO4/c1-3-31-21(30)12(9-27-10(2)19(28)11-7-5-4-6-8-11)20(29)13-14(22)16(24)18(26)17(25)15(13)23/h4-10,19,28-29H,3H2,1-2H3/t10-,19?/m0/s1. The van der Waals surface area contributed by atoms with Crippen molar-refractivity contribution >= 4 is 17.9 Å². The summed E-state index contributed by atoms with van der Waals surface area (Å²) in [5, 5.41) is 20.6. The number of nitrogens with zero attached hydrogens (tertiary/aromatic N) is 1. The van der Waals surface area contributed by atoms with Crippen LogP contribution in [0, 0.1) is 29.1 Å². The number of halogens is 5. The van der Waals surface area contributed by atoms with Crippen LogP contribution in [0.5, 0.6) is 0 Å². The second-order valence-electron chi connectivity index (χ2n) is 6.30. The lowest BCUT2D eigenvalue weighted by atomic mass is 10.0. The highest BCUT2D eigenvalue weighted by molar-refractivity contribution is 6.15. The molecule has 2 aromatic carbocycles. The highest BCUT2D eigenvalue weighted by Crippen LogP contribution is 2.29. The molecule has 0 aromatic heterocycles. The Balaban J connectivity index is 2.56. The van der Waals surface area contributed by atoms with Gasteiger partial charge in [0.15, 0.2) is 23.3 Å². The molecule has 0 saturated heterocycles. The smallest absolute Gasteiger partial charge is 0.343 e. The van der Waals surface area contributed by atoms with E-state index in [0.717, 1.165) is 0 Å². The van der Waals surface area contributed by atoms with Crippen LogP contribution in [0.3, 0.4) is 0 Å². The molecule has 0 spiro atoms. The van der Waals surface area contributed by atoms with Gasteiger partial charge in [0, 0.05) is 6.21 Å². The van der Waals surface area contributed by atoms with E-state index < -0.39 is 64.1 Å². The first-order valence-electron chi connectivity index (χ1n) is 9.00. The van der Waals surface area contributed by atoms with Crippen molar-refractivity contribution in [1.82, 2.24) is 0 Å². The fourth-order valence-corrected chi connectivity index (χ4v) is 2.57. The number of hydrogen-bond donors (Lipinski definition) is 2. The van der Waals surface area contributed by atoms with Gasteiger partial charge in [-0.15, -0.1) is 0 Å². The summed E-state index contributed by atoms with van der Waals surface area (Å²) in [6.45, 7) is 2.61. The third-order valence-electron chi connectivity index (χ3n) is 4.23. The first kappa shape index (κ1) is 24.0. The molecule has 0 saturated carbocycles. The van der Waals surface area contributed by atoms with E-state index in [1.807, 2.05) is 0 Å². The molecule has 0 aliphatic carbocycles. The second kappa shape index (κ2) is 10.2. The summed E-state index contributed by atoms with van der Waals surface area (Å²) < 4.78 is 73.1. The van der Waals surface area contributed by atoms with Gasteiger partial charge in [0.2, 0.25) is 5.82 Å². The molecule has 10 heteroatoms. The Kier molecular flexibility index (Phi) is 7.87. The van der Waals surface area contributed by atoms with Gasteiger partial charge in [-0.3, -0.25) is 4.99 Å². The maximum Gasteiger partial charge on any atom is 0.343 e. The number of benzene rings is 2. The van der Waals surface area contributed by atoms with Crippen molar-refractivity contribution in [3.63, 3.8) is 0 Å². The first-order valence-corrected chi connectivity index (χ1v) is 9.00. The van der Waals surface area contributed by atoms with Crippen molar-refractivity contribution in [2.24, 2.45) is 4.99 Å². The Morgan fingerprint density at radius 2 is 1.55 bits per heavy atom. The molecule has 1 unspecified atom stereocenters. The molecule has 5 nitrogen and oxygen atoms in total. The number of carbonyl (C=O) groups excluding carboxylic acids is 1. The molecule has 2 atom stereocenters. The first-order chi connectivity index (χ1) is 14.6. The quantitative estimate of drug-likeness (QED) is 0.126. The second-order valence-corrected chi connectivity index (χ2v) is 6.30. The number of rotatable bonds is 7. The summed E-state index contributed by atoms with van der Waals surface area (Å²) >= 11 is 0. The van der Waals surface area contributed by atoms with Crippen molar-refractivity contribution in [1.29, 1.82) is 0 Å². The Labute approximate surface area is 174 Å². The summed E-state index contributed by atoms with van der Waals surface area (Å²) in [6.07, 6.45) is -0.514. The van der Waals surface area contributed by atoms with E-state index in [2.05, 4.69) is 9.73 Å². The average Bonchev–Trinajstić information content (AvgIpc) is 2.76. The number of hydrogen-bond acceptors (Lipinski definition) is 5. The molecule has 0 fully saturated rings. The van der Waals surface area contributed by atoms with E-state index in [9.17, 15) is 37.0 Å². The molecule has 2 rings (SSSR count). The summed E-state index contributed by atoms with van der Waals surface area (Å²) in [7, 11) is 0. The molecule has 0 aliphatic rings. The van der Waals surface area contributed by atoms with Crippen molar-refractivity contribution in [3.05, 3.63) is 76.1 Å². The minimum atomic E-state index is -2.42. The summed E-state index contributed by atoms with van der Waals surface area (Å²) in [4.78, 5) is 16.0. The number of aliphatic hydroxyl groups excluding tert-OH is 2. The van der Waals surface area contributed by atoms with Crippen LogP contribution >= 0.6 is 0 Å². The third kappa shape index (κ3) is 5.08. The maximum atomic E-state index is 14.1. The highest BCUT2D eigenvalue weighted by atomic mass is 19.2. The predicted molar refractivity (Wildman–Crippen MR) is 102 cm³/mol. The SMILES string of the molecule is CCOC(=O)C(C=N[C@@H](C)C(O)c1ccccc1)=C(O)c1c(F)c(F)c(F)c(F)c1F. The fraction of sp³-hybridized carbons (Fsp3) is 0.238. The van der Waals surface area contributed by atoms with Crippen LogP contribution in [0.4, 0.5) is 22.0 Å². The normalized spacial score (nSPS) is 14.3. The van der Waals surface area contributed by atoms with Crippen LogP contribution in [-0.2, 0) is 9.53 Å². The number of aliphatic imine (C=N–C) groups is 1. The Morgan fingerprint density at radius 1 is 1.03 bits per heavy atom. The van der Waals surface area contributed by atoms with Crippen LogP contribution in [0.25, 0.3) is 5.76 Å². The molecule has 166 valence electrons. The van der Waals surface area contributed by atoms with E-state index >= 15 is 0 Å². The van der Waals surface area contributed by atoms with E-state index in [1.54, 1.807) is 30.3 Å². The van der Waals surface area contributed by atoms with Crippen LogP contribution in [0.1, 0.15) is 31.1 Å². The van der Waals surface area contributed by atoms with Gasteiger partial charge in [0.05, 0.1) is 18.2 Å². The van der Waals surface area contributed by atoms with Gasteiger partial charge in [-0.25, -0.2) is 26.7 Å². The van der Waals surface area contributed by atoms with Gasteiger partial charge in [0.25, 0.3) is 0 Å². The number of aliphatic hydroxyl groups is 2. The zero-order valence-electron chi connectivity index (χ0n) is 16.4. The predicted octanol–water partition coefficient (Wildman–Crippen LogP) is 4.41. The average molecular weight is 443 g/mol. The molecule has 0 aliphatic heterocycles.